The molecule has 0 bridgehead atoms. The van der Waals surface area contributed by atoms with Gasteiger partial charge in [-0.1, -0.05) is 0 Å². The Morgan fingerprint density at radius 2 is 0.810 bits per heavy atom. The van der Waals surface area contributed by atoms with E-state index in [0.29, 0.717) is 54.9 Å². The summed E-state index contributed by atoms with van der Waals surface area (Å²) in [5, 5.41) is 24.8. The first-order valence-electron chi connectivity index (χ1n) is 13.4. The van der Waals surface area contributed by atoms with Crippen molar-refractivity contribution in [3.05, 3.63) is 43.7 Å². The molecule has 5 rings (SSSR count). The second-order valence-corrected chi connectivity index (χ2v) is 10.4. The van der Waals surface area contributed by atoms with Crippen LogP contribution in [-0.4, -0.2) is 65.1 Å². The van der Waals surface area contributed by atoms with E-state index in [1.165, 1.54) is 42.7 Å². The Kier molecular flexibility index (Phi) is 7.55. The van der Waals surface area contributed by atoms with Crippen LogP contribution in [0.1, 0.15) is 25.0 Å². The van der Waals surface area contributed by atoms with Crippen LogP contribution in [-0.2, 0) is 12.8 Å². The van der Waals surface area contributed by atoms with Crippen LogP contribution < -0.4 is 39.3 Å². The van der Waals surface area contributed by atoms with Crippen molar-refractivity contribution in [1.29, 1.82) is 0 Å². The molecule has 222 valence electrons. The van der Waals surface area contributed by atoms with Gasteiger partial charge in [0.2, 0.25) is 10.9 Å². The lowest BCUT2D eigenvalue weighted by Crippen LogP contribution is -2.18. The zero-order valence-electron chi connectivity index (χ0n) is 24.9. The molecule has 10 nitrogen and oxygen atoms in total. The van der Waals surface area contributed by atoms with Gasteiger partial charge in [0, 0.05) is 57.6 Å². The summed E-state index contributed by atoms with van der Waals surface area (Å²) >= 11 is 0. The molecule has 0 saturated carbocycles. The third kappa shape index (κ3) is 4.00. The molecule has 10 heteroatoms. The molecular weight excluding hydrogens is 544 g/mol. The zero-order chi connectivity index (χ0) is 30.6. The van der Waals surface area contributed by atoms with E-state index in [1.54, 1.807) is 26.0 Å². The largest absolute Gasteiger partial charge is 0.496 e. The fraction of sp³-hybridized carbons (Fsp3) is 0.375. The van der Waals surface area contributed by atoms with E-state index in [-0.39, 0.29) is 46.6 Å². The van der Waals surface area contributed by atoms with Gasteiger partial charge in [-0.2, -0.15) is 0 Å². The predicted octanol–water partition coefficient (Wildman–Crippen LogP) is 3.79. The average Bonchev–Trinajstić information content (AvgIpc) is 2.96. The van der Waals surface area contributed by atoms with E-state index < -0.39 is 23.1 Å². The molecule has 5 aromatic carbocycles. The highest BCUT2D eigenvalue weighted by Gasteiger charge is 2.33. The summed E-state index contributed by atoms with van der Waals surface area (Å²) < 4.78 is 34.6. The molecule has 42 heavy (non-hydrogen) atoms. The van der Waals surface area contributed by atoms with Crippen molar-refractivity contribution in [2.45, 2.75) is 38.9 Å². The molecule has 0 aliphatic heterocycles. The minimum atomic E-state index is -0.861. The van der Waals surface area contributed by atoms with Gasteiger partial charge < -0.3 is 38.6 Å². The lowest BCUT2D eigenvalue weighted by atomic mass is 9.82. The molecule has 0 fully saturated rings. The molecule has 0 amide bonds. The number of hydrogen-bond donors (Lipinski definition) is 2. The second-order valence-electron chi connectivity index (χ2n) is 10.4. The molecule has 0 aliphatic carbocycles. The number of methoxy groups -OCH3 is 6. The summed E-state index contributed by atoms with van der Waals surface area (Å²) in [6.07, 6.45) is -1.62. The molecular formula is C32H34O10. The van der Waals surface area contributed by atoms with E-state index in [4.69, 9.17) is 28.4 Å². The van der Waals surface area contributed by atoms with Gasteiger partial charge in [0.15, 0.2) is 11.5 Å². The van der Waals surface area contributed by atoms with Gasteiger partial charge in [0.25, 0.3) is 0 Å². The average molecular weight is 579 g/mol. The first kappa shape index (κ1) is 29.2. The molecule has 0 saturated heterocycles. The van der Waals surface area contributed by atoms with E-state index in [9.17, 15) is 19.8 Å². The highest BCUT2D eigenvalue weighted by atomic mass is 16.5. The summed E-state index contributed by atoms with van der Waals surface area (Å²) in [5.74, 6) is 1.35. The van der Waals surface area contributed by atoms with Crippen LogP contribution in [0.25, 0.3) is 43.1 Å². The highest BCUT2D eigenvalue weighted by molar-refractivity contribution is 6.38. The topological polar surface area (TPSA) is 130 Å². The van der Waals surface area contributed by atoms with Crippen molar-refractivity contribution in [3.63, 3.8) is 0 Å². The van der Waals surface area contributed by atoms with Gasteiger partial charge in [-0.3, -0.25) is 9.59 Å². The van der Waals surface area contributed by atoms with Crippen molar-refractivity contribution in [2.75, 3.05) is 42.7 Å². The number of hydrogen-bond acceptors (Lipinski definition) is 10. The smallest absolute Gasteiger partial charge is 0.232 e. The Hall–Kier alpha value is -4.28. The summed E-state index contributed by atoms with van der Waals surface area (Å²) in [6.45, 7) is 3.23. The number of aliphatic hydroxyl groups excluding tert-OH is 2. The van der Waals surface area contributed by atoms with Gasteiger partial charge in [0.05, 0.1) is 65.6 Å². The Morgan fingerprint density at radius 3 is 1.07 bits per heavy atom. The zero-order valence-corrected chi connectivity index (χ0v) is 24.9. The van der Waals surface area contributed by atoms with Crippen molar-refractivity contribution >= 4 is 43.1 Å². The number of aliphatic hydroxyl groups is 2. The van der Waals surface area contributed by atoms with Crippen LogP contribution >= 0.6 is 0 Å². The van der Waals surface area contributed by atoms with E-state index in [2.05, 4.69) is 0 Å². The highest BCUT2D eigenvalue weighted by Crippen LogP contribution is 2.53. The Balaban J connectivity index is 2.39. The standard InChI is InChI=1S/C32H34O10/c1-13(33)9-15-21-22-16(10-14(2)34)32(42-8)30(36)26-20(40-6)12-18(38-4)24(28(22)26)23-17(37-3)11-19(39-5)25(27(21)23)29(35)31(15)41-7/h11-14,33-34H,9-10H2,1-8H3/t13-,14-/m0/s1. The molecule has 0 radical (unpaired) electrons. The van der Waals surface area contributed by atoms with Crippen LogP contribution in [0.2, 0.25) is 0 Å². The number of benzene rings is 5. The minimum absolute atomic E-state index is 0.0347. The fourth-order valence-electron chi connectivity index (χ4n) is 6.35. The SMILES string of the molecule is COc1c(C[C@H](C)O)c2c3c(C[C@H](C)O)c(OC)c(=O)c4c(OC)cc(OC)c(c5c(OC)cc(OC)c(c1=O)c52)c43. The molecule has 0 heterocycles. The maximum absolute atomic E-state index is 14.1. The Morgan fingerprint density at radius 1 is 0.500 bits per heavy atom. The molecule has 0 aliphatic rings. The normalized spacial score (nSPS) is 13.2. The van der Waals surface area contributed by atoms with Crippen LogP contribution in [0.3, 0.4) is 0 Å². The first-order valence-corrected chi connectivity index (χ1v) is 13.4. The lowest BCUT2D eigenvalue weighted by Gasteiger charge is -2.25. The van der Waals surface area contributed by atoms with Gasteiger partial charge in [-0.05, 0) is 24.6 Å². The molecule has 5 aromatic rings. The predicted molar refractivity (Wildman–Crippen MR) is 161 cm³/mol. The molecule has 0 unspecified atom stereocenters. The van der Waals surface area contributed by atoms with Crippen molar-refractivity contribution in [1.82, 2.24) is 0 Å². The van der Waals surface area contributed by atoms with Gasteiger partial charge in [-0.25, -0.2) is 0 Å². The third-order valence-corrected chi connectivity index (χ3v) is 7.82. The van der Waals surface area contributed by atoms with Crippen LogP contribution in [0, 0.1) is 0 Å². The van der Waals surface area contributed by atoms with Crippen molar-refractivity contribution in [3.8, 4) is 34.5 Å². The maximum atomic E-state index is 14.1. The van der Waals surface area contributed by atoms with Gasteiger partial charge in [0.1, 0.15) is 23.0 Å². The number of ether oxygens (including phenoxy) is 6. The summed E-state index contributed by atoms with van der Waals surface area (Å²) in [4.78, 5) is 28.3. The number of fused-ring (bicyclic) bond motifs is 2. The van der Waals surface area contributed by atoms with E-state index >= 15 is 0 Å². The van der Waals surface area contributed by atoms with E-state index in [1.807, 2.05) is 0 Å². The van der Waals surface area contributed by atoms with Gasteiger partial charge >= 0.3 is 0 Å². The summed E-state index contributed by atoms with van der Waals surface area (Å²) in [7, 11) is 8.72. The Labute approximate surface area is 241 Å². The van der Waals surface area contributed by atoms with Crippen molar-refractivity contribution in [2.24, 2.45) is 0 Å². The second kappa shape index (κ2) is 10.8. The van der Waals surface area contributed by atoms with Crippen LogP contribution in [0.5, 0.6) is 34.5 Å². The molecule has 0 spiro atoms. The first-order chi connectivity index (χ1) is 20.1. The molecule has 0 aromatic heterocycles. The maximum Gasteiger partial charge on any atom is 0.232 e. The summed E-state index contributed by atoms with van der Waals surface area (Å²) in [5.41, 5.74) is 0.0132. The minimum Gasteiger partial charge on any atom is -0.496 e. The van der Waals surface area contributed by atoms with E-state index in [0.717, 1.165) is 0 Å². The quantitative estimate of drug-likeness (QED) is 0.186. The lowest BCUT2D eigenvalue weighted by molar-refractivity contribution is 0.194. The summed E-state index contributed by atoms with van der Waals surface area (Å²) in [6, 6.07) is 3.24. The fourth-order valence-corrected chi connectivity index (χ4v) is 6.35. The molecule has 2 N–H and O–H groups in total. The van der Waals surface area contributed by atoms with Crippen molar-refractivity contribution < 1.29 is 38.6 Å². The van der Waals surface area contributed by atoms with Crippen LogP contribution in [0.4, 0.5) is 0 Å². The third-order valence-electron chi connectivity index (χ3n) is 7.82. The van der Waals surface area contributed by atoms with Gasteiger partial charge in [-0.15, -0.1) is 0 Å². The molecule has 2 atom stereocenters. The van der Waals surface area contributed by atoms with Crippen LogP contribution in [0.15, 0.2) is 21.7 Å². The monoisotopic (exact) mass is 578 g/mol. The number of rotatable bonds is 10. The Bertz CT molecular complexity index is 1800.